The van der Waals surface area contributed by atoms with Crippen LogP contribution in [-0.2, 0) is 27.4 Å². The zero-order chi connectivity index (χ0) is 24.9. The van der Waals surface area contributed by atoms with E-state index in [-0.39, 0.29) is 0 Å². The molecule has 0 aliphatic carbocycles. The molecule has 0 saturated carbocycles. The SMILES string of the molecule is N[C]([Na])(P(=O)(O)O)P(=O)(O)O.O=P(O)(O)CP(=O)(O)O.O=P(O)(O)CP(=O)(O)O. The molecule has 29 heavy (non-hydrogen) atoms. The Balaban J connectivity index is -0.000000352. The summed E-state index contributed by atoms with van der Waals surface area (Å²) in [5.74, 6) is -2.75. The van der Waals surface area contributed by atoms with Crippen molar-refractivity contribution in [2.75, 3.05) is 11.8 Å². The minimum Gasteiger partial charge on any atom is -0.324 e. The summed E-state index contributed by atoms with van der Waals surface area (Å²) < 4.78 is 57.6. The van der Waals surface area contributed by atoms with Crippen molar-refractivity contribution in [1.29, 1.82) is 0 Å². The molecular weight excluding hydrogens is 547 g/mol. The summed E-state index contributed by atoms with van der Waals surface area (Å²) >= 11 is -0.482. The van der Waals surface area contributed by atoms with E-state index >= 15 is 0 Å². The van der Waals surface area contributed by atoms with Crippen molar-refractivity contribution < 1.29 is 86.1 Å². The standard InChI is InChI=1S/CH6NO6P2.2CH6O6P2.Na/c2-1(9(3,4)5)10(6,7)8;2*2-8(3,4)1-9(5,6)7;/h2H2,(H2,3,4,5)(H2,6,7,8);2*1H2,(H2,2,3,4)(H2,5,6,7);. The van der Waals surface area contributed by atoms with Gasteiger partial charge in [-0.3, -0.25) is 18.3 Å². The molecule has 0 aliphatic rings. The molecule has 0 spiro atoms. The first-order chi connectivity index (χ1) is 11.9. The molecule has 26 heteroatoms. The molecule has 0 radical (unpaired) electrons. The van der Waals surface area contributed by atoms with Gasteiger partial charge in [-0.15, -0.1) is 0 Å². The van der Waals surface area contributed by atoms with Crippen molar-refractivity contribution in [2.45, 2.75) is 2.27 Å². The maximum Gasteiger partial charge on any atom is 0.337 e. The van der Waals surface area contributed by atoms with Crippen molar-refractivity contribution in [3.8, 4) is 0 Å². The molecule has 0 unspecified atom stereocenters. The molecule has 0 fully saturated rings. The van der Waals surface area contributed by atoms with Gasteiger partial charge in [0.15, 0.2) is 11.8 Å². The predicted octanol–water partition coefficient (Wildman–Crippen LogP) is -3.32. The summed E-state index contributed by atoms with van der Waals surface area (Å²) in [5, 5.41) is 0. The third-order valence-electron chi connectivity index (χ3n) is 1.92. The van der Waals surface area contributed by atoms with Gasteiger partial charge < -0.3 is 39.1 Å². The van der Waals surface area contributed by atoms with Crippen molar-refractivity contribution in [1.82, 2.24) is 0 Å². The molecule has 14 N–H and O–H groups in total. The topological polar surface area (TPSA) is 371 Å². The van der Waals surface area contributed by atoms with E-state index in [0.29, 0.717) is 0 Å². The fourth-order valence-corrected chi connectivity index (χ4v) is 5.85. The summed E-state index contributed by atoms with van der Waals surface area (Å²) in [5.41, 5.74) is 4.81. The first kappa shape index (κ1) is 35.4. The molecule has 0 rings (SSSR count). The van der Waals surface area contributed by atoms with Crippen molar-refractivity contribution in [3.05, 3.63) is 0 Å². The van der Waals surface area contributed by atoms with Crippen LogP contribution in [0.1, 0.15) is 0 Å². The number of hydrogen-bond donors (Lipinski definition) is 13. The van der Waals surface area contributed by atoms with E-state index in [1.165, 1.54) is 0 Å². The van der Waals surface area contributed by atoms with Crippen LogP contribution >= 0.6 is 45.6 Å². The molecule has 0 aromatic heterocycles. The average molecular weight is 565 g/mol. The second-order valence-corrected chi connectivity index (χ2v) is 20.4. The van der Waals surface area contributed by atoms with Gasteiger partial charge in [0.05, 0.1) is 0 Å². The average Bonchev–Trinajstić information content (AvgIpc) is 2.15. The minimum absolute atomic E-state index is 0.482. The van der Waals surface area contributed by atoms with E-state index in [2.05, 4.69) is 0 Å². The zero-order valence-corrected chi connectivity index (χ0v) is 21.4. The molecule has 0 aromatic rings. The van der Waals surface area contributed by atoms with Gasteiger partial charge in [0.2, 0.25) is 0 Å². The Kier molecular flexibility index (Phi) is 14.5. The van der Waals surface area contributed by atoms with Crippen LogP contribution in [0.15, 0.2) is 0 Å². The molecule has 0 saturated heterocycles. The van der Waals surface area contributed by atoms with E-state index in [0.717, 1.165) is 0 Å². The fourth-order valence-electron chi connectivity index (χ4n) is 0.650. The maximum atomic E-state index is 10.4. The maximum absolute atomic E-state index is 10.4. The Morgan fingerprint density at radius 2 is 0.655 bits per heavy atom. The summed E-state index contributed by atoms with van der Waals surface area (Å²) in [4.78, 5) is 97.4. The van der Waals surface area contributed by atoms with Crippen molar-refractivity contribution >= 4 is 73.5 Å². The molecule has 0 aromatic carbocycles. The van der Waals surface area contributed by atoms with Crippen LogP contribution in [0.2, 0.25) is 0 Å². The molecule has 0 atom stereocenters. The molecule has 0 bridgehead atoms. The van der Waals surface area contributed by atoms with Crippen LogP contribution in [0.3, 0.4) is 0 Å². The molecule has 19 nitrogen and oxygen atoms in total. The Morgan fingerprint density at radius 3 is 0.655 bits per heavy atom. The fraction of sp³-hybridized carbons (Fsp3) is 1.00. The summed E-state index contributed by atoms with van der Waals surface area (Å²) in [7, 11) is -28.0. The minimum atomic E-state index is -4.91. The van der Waals surface area contributed by atoms with Gasteiger partial charge in [0, 0.05) is 0 Å². The number of rotatable bonds is 6. The molecular formula is C3H18NNaO18P6. The third kappa shape index (κ3) is 22.8. The molecule has 0 amide bonds. The predicted molar refractivity (Wildman–Crippen MR) is 94.7 cm³/mol. The number of nitrogens with two attached hydrogens (primary N) is 1. The van der Waals surface area contributed by atoms with Crippen LogP contribution in [0.5, 0.6) is 0 Å². The van der Waals surface area contributed by atoms with E-state index in [1.54, 1.807) is 0 Å². The van der Waals surface area contributed by atoms with Gasteiger partial charge in [-0.1, -0.05) is 0 Å². The van der Waals surface area contributed by atoms with Crippen LogP contribution in [-0.4, -0.2) is 101 Å². The van der Waals surface area contributed by atoms with Gasteiger partial charge in [0.1, 0.15) is 0 Å². The van der Waals surface area contributed by atoms with E-state index in [4.69, 9.17) is 64.5 Å². The van der Waals surface area contributed by atoms with Gasteiger partial charge in [-0.2, -0.15) is 0 Å². The Morgan fingerprint density at radius 1 is 0.517 bits per heavy atom. The van der Waals surface area contributed by atoms with Gasteiger partial charge in [-0.25, -0.2) is 0 Å². The molecule has 0 heterocycles. The third-order valence-corrected chi connectivity index (χ3v) is 15.2. The van der Waals surface area contributed by atoms with Gasteiger partial charge in [-0.05, 0) is 0 Å². The quantitative estimate of drug-likeness (QED) is 0.111. The zero-order valence-electron chi connectivity index (χ0n) is 14.0. The largest absolute Gasteiger partial charge is 0.337 e. The van der Waals surface area contributed by atoms with Crippen LogP contribution < -0.4 is 5.73 Å². The summed E-state index contributed by atoms with van der Waals surface area (Å²) in [6.07, 6.45) is 0. The van der Waals surface area contributed by atoms with E-state index in [9.17, 15) is 27.4 Å². The Hall–Kier alpha value is 1.86. The first-order valence-electron chi connectivity index (χ1n) is 6.00. The van der Waals surface area contributed by atoms with Crippen molar-refractivity contribution in [2.24, 2.45) is 5.73 Å². The van der Waals surface area contributed by atoms with Crippen LogP contribution in [0.4, 0.5) is 0 Å². The normalized spacial score (nSPS) is 14.3. The second-order valence-electron chi connectivity index (χ2n) is 5.12. The second kappa shape index (κ2) is 11.8. The summed E-state index contributed by atoms with van der Waals surface area (Å²) in [6.45, 7) is 0. The summed E-state index contributed by atoms with van der Waals surface area (Å²) in [6, 6.07) is 0. The monoisotopic (exact) mass is 565 g/mol. The first-order valence-corrected chi connectivity index (χ1v) is 17.4. The van der Waals surface area contributed by atoms with E-state index < -0.39 is 87.6 Å². The smallest absolute Gasteiger partial charge is 0.324 e. The Labute approximate surface area is 179 Å². The Bertz CT molecular complexity index is 691. The molecule has 0 aliphatic heterocycles. The van der Waals surface area contributed by atoms with Crippen molar-refractivity contribution in [3.63, 3.8) is 0 Å². The van der Waals surface area contributed by atoms with Gasteiger partial charge in [0.25, 0.3) is 0 Å². The van der Waals surface area contributed by atoms with Crippen LogP contribution in [0, 0.1) is 0 Å². The van der Waals surface area contributed by atoms with Gasteiger partial charge >= 0.3 is 110 Å². The van der Waals surface area contributed by atoms with E-state index in [1.807, 2.05) is 0 Å². The van der Waals surface area contributed by atoms with Crippen LogP contribution in [0.25, 0.3) is 0 Å². The number of hydrogen-bond acceptors (Lipinski definition) is 7. The molecule has 174 valence electrons.